The van der Waals surface area contributed by atoms with E-state index in [9.17, 15) is 4.79 Å². The molecule has 2 amide bonds. The summed E-state index contributed by atoms with van der Waals surface area (Å²) < 4.78 is 5.67. The van der Waals surface area contributed by atoms with Crippen molar-refractivity contribution in [3.63, 3.8) is 0 Å². The minimum absolute atomic E-state index is 0.308. The zero-order valence-electron chi connectivity index (χ0n) is 12.7. The highest BCUT2D eigenvalue weighted by Gasteiger charge is 2.05. The summed E-state index contributed by atoms with van der Waals surface area (Å²) in [6.07, 6.45) is 0. The molecule has 22 heavy (non-hydrogen) atoms. The Balaban J connectivity index is 1.76. The SMILES string of the molecule is Cc1cccc(OCCNC(=O)Nc2ccccc2Cl)c1C. The molecule has 0 aliphatic rings. The molecule has 2 N–H and O–H groups in total. The molecule has 0 saturated carbocycles. The van der Waals surface area contributed by atoms with Gasteiger partial charge in [0.1, 0.15) is 12.4 Å². The van der Waals surface area contributed by atoms with Gasteiger partial charge in [0.25, 0.3) is 0 Å². The van der Waals surface area contributed by atoms with Crippen molar-refractivity contribution >= 4 is 23.3 Å². The van der Waals surface area contributed by atoms with Crippen LogP contribution in [-0.2, 0) is 0 Å². The lowest BCUT2D eigenvalue weighted by Crippen LogP contribution is -2.32. The average Bonchev–Trinajstić information content (AvgIpc) is 2.50. The summed E-state index contributed by atoms with van der Waals surface area (Å²) >= 11 is 5.97. The van der Waals surface area contributed by atoms with E-state index in [0.29, 0.717) is 23.9 Å². The summed E-state index contributed by atoms with van der Waals surface area (Å²) in [5.41, 5.74) is 2.88. The van der Waals surface area contributed by atoms with Crippen molar-refractivity contribution in [2.24, 2.45) is 0 Å². The van der Waals surface area contributed by atoms with E-state index < -0.39 is 0 Å². The van der Waals surface area contributed by atoms with Gasteiger partial charge >= 0.3 is 6.03 Å². The molecule has 116 valence electrons. The fourth-order valence-electron chi connectivity index (χ4n) is 1.94. The number of carbonyl (C=O) groups is 1. The van der Waals surface area contributed by atoms with Crippen LogP contribution in [0.25, 0.3) is 0 Å². The van der Waals surface area contributed by atoms with Crippen molar-refractivity contribution < 1.29 is 9.53 Å². The van der Waals surface area contributed by atoms with E-state index in [-0.39, 0.29) is 6.03 Å². The minimum atomic E-state index is -0.308. The molecule has 4 nitrogen and oxygen atoms in total. The van der Waals surface area contributed by atoms with E-state index in [4.69, 9.17) is 16.3 Å². The number of carbonyl (C=O) groups excluding carboxylic acids is 1. The number of hydrogen-bond acceptors (Lipinski definition) is 2. The van der Waals surface area contributed by atoms with E-state index in [0.717, 1.165) is 11.3 Å². The van der Waals surface area contributed by atoms with Crippen LogP contribution in [0.2, 0.25) is 5.02 Å². The molecule has 0 heterocycles. The molecule has 0 unspecified atom stereocenters. The van der Waals surface area contributed by atoms with Crippen LogP contribution in [0.1, 0.15) is 11.1 Å². The fourth-order valence-corrected chi connectivity index (χ4v) is 2.12. The normalized spacial score (nSPS) is 10.1. The van der Waals surface area contributed by atoms with Gasteiger partial charge in [-0.05, 0) is 43.2 Å². The molecule has 2 aromatic carbocycles. The quantitative estimate of drug-likeness (QED) is 0.813. The van der Waals surface area contributed by atoms with E-state index >= 15 is 0 Å². The third-order valence-electron chi connectivity index (χ3n) is 3.32. The number of benzene rings is 2. The zero-order chi connectivity index (χ0) is 15.9. The smallest absolute Gasteiger partial charge is 0.319 e. The van der Waals surface area contributed by atoms with Crippen LogP contribution in [0.4, 0.5) is 10.5 Å². The number of aryl methyl sites for hydroxylation is 1. The first-order valence-corrected chi connectivity index (χ1v) is 7.44. The molecule has 0 atom stereocenters. The summed E-state index contributed by atoms with van der Waals surface area (Å²) in [6.45, 7) is 4.86. The molecular weight excluding hydrogens is 300 g/mol. The number of amides is 2. The number of para-hydroxylation sites is 1. The lowest BCUT2D eigenvalue weighted by atomic mass is 10.1. The molecule has 5 heteroatoms. The van der Waals surface area contributed by atoms with Gasteiger partial charge in [0.2, 0.25) is 0 Å². The summed E-state index contributed by atoms with van der Waals surface area (Å²) in [7, 11) is 0. The Labute approximate surface area is 135 Å². The molecule has 0 radical (unpaired) electrons. The summed E-state index contributed by atoms with van der Waals surface area (Å²) in [5, 5.41) is 5.92. The molecule has 0 saturated heterocycles. The van der Waals surface area contributed by atoms with Gasteiger partial charge in [0, 0.05) is 0 Å². The van der Waals surface area contributed by atoms with Crippen molar-refractivity contribution in [1.82, 2.24) is 5.32 Å². The Bertz CT molecular complexity index is 659. The average molecular weight is 319 g/mol. The Morgan fingerprint density at radius 1 is 1.14 bits per heavy atom. The maximum absolute atomic E-state index is 11.8. The van der Waals surface area contributed by atoms with Crippen molar-refractivity contribution in [3.05, 3.63) is 58.6 Å². The van der Waals surface area contributed by atoms with E-state index in [2.05, 4.69) is 10.6 Å². The molecule has 0 aliphatic carbocycles. The first-order chi connectivity index (χ1) is 10.6. The van der Waals surface area contributed by atoms with Crippen LogP contribution in [0.5, 0.6) is 5.75 Å². The van der Waals surface area contributed by atoms with Crippen LogP contribution in [-0.4, -0.2) is 19.2 Å². The minimum Gasteiger partial charge on any atom is -0.491 e. The van der Waals surface area contributed by atoms with Crippen LogP contribution in [0.3, 0.4) is 0 Å². The Morgan fingerprint density at radius 2 is 1.91 bits per heavy atom. The number of urea groups is 1. The fraction of sp³-hybridized carbons (Fsp3) is 0.235. The predicted octanol–water partition coefficient (Wildman–Crippen LogP) is 4.16. The van der Waals surface area contributed by atoms with Crippen molar-refractivity contribution in [2.45, 2.75) is 13.8 Å². The molecule has 2 aromatic rings. The first-order valence-electron chi connectivity index (χ1n) is 7.06. The first kappa shape index (κ1) is 16.2. The largest absolute Gasteiger partial charge is 0.491 e. The van der Waals surface area contributed by atoms with Crippen molar-refractivity contribution in [1.29, 1.82) is 0 Å². The number of ether oxygens (including phenoxy) is 1. The van der Waals surface area contributed by atoms with Crippen molar-refractivity contribution in [2.75, 3.05) is 18.5 Å². The van der Waals surface area contributed by atoms with Crippen LogP contribution in [0, 0.1) is 13.8 Å². The Kier molecular flexibility index (Phi) is 5.67. The van der Waals surface area contributed by atoms with Crippen LogP contribution in [0.15, 0.2) is 42.5 Å². The lowest BCUT2D eigenvalue weighted by Gasteiger charge is -2.12. The van der Waals surface area contributed by atoms with E-state index in [1.165, 1.54) is 5.56 Å². The monoisotopic (exact) mass is 318 g/mol. The second-order valence-electron chi connectivity index (χ2n) is 4.91. The Morgan fingerprint density at radius 3 is 2.68 bits per heavy atom. The predicted molar refractivity (Wildman–Crippen MR) is 89.9 cm³/mol. The summed E-state index contributed by atoms with van der Waals surface area (Å²) in [6, 6.07) is 12.7. The number of hydrogen-bond donors (Lipinski definition) is 2. The number of rotatable bonds is 5. The van der Waals surface area contributed by atoms with Crippen LogP contribution >= 0.6 is 11.6 Å². The van der Waals surface area contributed by atoms with Crippen LogP contribution < -0.4 is 15.4 Å². The van der Waals surface area contributed by atoms with Gasteiger partial charge in [-0.2, -0.15) is 0 Å². The summed E-state index contributed by atoms with van der Waals surface area (Å²) in [5.74, 6) is 0.841. The van der Waals surface area contributed by atoms with Crippen molar-refractivity contribution in [3.8, 4) is 5.75 Å². The molecule has 0 aromatic heterocycles. The molecule has 0 bridgehead atoms. The van der Waals surface area contributed by atoms with Gasteiger partial charge in [-0.3, -0.25) is 0 Å². The van der Waals surface area contributed by atoms with Gasteiger partial charge < -0.3 is 15.4 Å². The standard InChI is InChI=1S/C17H19ClN2O2/c1-12-6-5-9-16(13(12)2)22-11-10-19-17(21)20-15-8-4-3-7-14(15)18/h3-9H,10-11H2,1-2H3,(H2,19,20,21). The Hall–Kier alpha value is -2.20. The maximum Gasteiger partial charge on any atom is 0.319 e. The second-order valence-corrected chi connectivity index (χ2v) is 5.31. The van der Waals surface area contributed by atoms with Gasteiger partial charge in [-0.1, -0.05) is 35.9 Å². The van der Waals surface area contributed by atoms with E-state index in [1.807, 2.05) is 44.2 Å². The highest BCUT2D eigenvalue weighted by Crippen LogP contribution is 2.21. The third kappa shape index (κ3) is 4.40. The second kappa shape index (κ2) is 7.71. The van der Waals surface area contributed by atoms with E-state index in [1.54, 1.807) is 12.1 Å². The molecule has 0 spiro atoms. The number of halogens is 1. The lowest BCUT2D eigenvalue weighted by molar-refractivity contribution is 0.247. The molecule has 0 aliphatic heterocycles. The van der Waals surface area contributed by atoms with Gasteiger partial charge in [-0.15, -0.1) is 0 Å². The summed E-state index contributed by atoms with van der Waals surface area (Å²) in [4.78, 5) is 11.8. The molecule has 2 rings (SSSR count). The number of anilines is 1. The molecular formula is C17H19ClN2O2. The zero-order valence-corrected chi connectivity index (χ0v) is 13.4. The number of nitrogens with one attached hydrogen (secondary N) is 2. The highest BCUT2D eigenvalue weighted by molar-refractivity contribution is 6.33. The van der Waals surface area contributed by atoms with Gasteiger partial charge in [-0.25, -0.2) is 4.79 Å². The van der Waals surface area contributed by atoms with Gasteiger partial charge in [0.15, 0.2) is 0 Å². The third-order valence-corrected chi connectivity index (χ3v) is 3.65. The highest BCUT2D eigenvalue weighted by atomic mass is 35.5. The molecule has 0 fully saturated rings. The van der Waals surface area contributed by atoms with Gasteiger partial charge in [0.05, 0.1) is 17.3 Å². The topological polar surface area (TPSA) is 50.4 Å². The maximum atomic E-state index is 11.8.